The molecule has 0 fully saturated rings. The number of hydrogen-bond acceptors (Lipinski definition) is 4. The highest BCUT2D eigenvalue weighted by Gasteiger charge is 2.24. The third kappa shape index (κ3) is 2.36. The normalized spacial score (nSPS) is 12.8. The summed E-state index contributed by atoms with van der Waals surface area (Å²) >= 11 is 0. The zero-order chi connectivity index (χ0) is 13.6. The monoisotopic (exact) mass is 287 g/mol. The molecule has 0 bridgehead atoms. The van der Waals surface area contributed by atoms with Crippen molar-refractivity contribution < 1.29 is 25.9 Å². The Morgan fingerprint density at radius 1 is 0.944 bits per heavy atom. The van der Waals surface area contributed by atoms with Crippen molar-refractivity contribution in [3.05, 3.63) is 36.4 Å². The van der Waals surface area contributed by atoms with Crippen molar-refractivity contribution >= 4 is 31.0 Å². The largest absolute Gasteiger partial charge is 0.295 e. The van der Waals surface area contributed by atoms with Crippen LogP contribution in [0.5, 0.6) is 0 Å². The van der Waals surface area contributed by atoms with Gasteiger partial charge in [-0.15, -0.1) is 0 Å². The molecule has 0 saturated heterocycles. The van der Waals surface area contributed by atoms with Crippen molar-refractivity contribution in [3.8, 4) is 0 Å². The van der Waals surface area contributed by atoms with E-state index in [0.717, 1.165) is 12.1 Å². The van der Waals surface area contributed by atoms with Gasteiger partial charge in [-0.05, 0) is 29.0 Å². The molecule has 1 radical (unpaired) electrons. The maximum absolute atomic E-state index is 11.1. The van der Waals surface area contributed by atoms with Crippen LogP contribution in [0.15, 0.2) is 40.1 Å². The summed E-state index contributed by atoms with van der Waals surface area (Å²) < 4.78 is 62.4. The molecule has 18 heavy (non-hydrogen) atoms. The second-order valence-corrected chi connectivity index (χ2v) is 6.29. The van der Waals surface area contributed by atoms with Crippen LogP contribution in [0, 0.1) is 6.07 Å². The van der Waals surface area contributed by atoms with E-state index >= 15 is 0 Å². The van der Waals surface area contributed by atoms with Crippen molar-refractivity contribution in [1.82, 2.24) is 0 Å². The predicted molar refractivity (Wildman–Crippen MR) is 62.4 cm³/mol. The third-order valence-corrected chi connectivity index (χ3v) is 4.20. The molecule has 2 aromatic rings. The number of fused-ring (bicyclic) bond motifs is 1. The number of rotatable bonds is 2. The van der Waals surface area contributed by atoms with Gasteiger partial charge in [-0.3, -0.25) is 9.11 Å². The highest BCUT2D eigenvalue weighted by Crippen LogP contribution is 2.26. The van der Waals surface area contributed by atoms with Gasteiger partial charge < -0.3 is 0 Å². The van der Waals surface area contributed by atoms with Crippen LogP contribution in [0.1, 0.15) is 0 Å². The Bertz CT molecular complexity index is 750. The summed E-state index contributed by atoms with van der Waals surface area (Å²) in [4.78, 5) is -1.74. The van der Waals surface area contributed by atoms with Crippen LogP contribution >= 0.6 is 0 Å². The fourth-order valence-corrected chi connectivity index (χ4v) is 3.33. The molecule has 0 aliphatic carbocycles. The van der Waals surface area contributed by atoms with Gasteiger partial charge in [-0.25, -0.2) is 0 Å². The smallest absolute Gasteiger partial charge is 0.282 e. The Hall–Kier alpha value is -1.48. The number of benzene rings is 2. The van der Waals surface area contributed by atoms with Gasteiger partial charge in [0.15, 0.2) is 0 Å². The molecule has 0 heterocycles. The third-order valence-electron chi connectivity index (χ3n) is 2.28. The second-order valence-electron chi connectivity index (χ2n) is 3.51. The molecule has 0 unspecified atom stereocenters. The fourth-order valence-electron chi connectivity index (χ4n) is 1.53. The van der Waals surface area contributed by atoms with Crippen LogP contribution in [0.2, 0.25) is 0 Å². The van der Waals surface area contributed by atoms with E-state index in [9.17, 15) is 16.8 Å². The Morgan fingerprint density at radius 3 is 2.06 bits per heavy atom. The van der Waals surface area contributed by atoms with E-state index in [2.05, 4.69) is 6.07 Å². The summed E-state index contributed by atoms with van der Waals surface area (Å²) in [5.74, 6) is 0. The summed E-state index contributed by atoms with van der Waals surface area (Å²) in [7, 11) is -9.53. The highest BCUT2D eigenvalue weighted by atomic mass is 32.2. The van der Waals surface area contributed by atoms with Crippen LogP contribution < -0.4 is 0 Å². The maximum Gasteiger partial charge on any atom is 0.295 e. The summed E-state index contributed by atoms with van der Waals surface area (Å²) in [5.41, 5.74) is 0. The Balaban J connectivity index is 2.99. The Labute approximate surface area is 103 Å². The molecule has 2 N–H and O–H groups in total. The lowest BCUT2D eigenvalue weighted by Gasteiger charge is -2.06. The van der Waals surface area contributed by atoms with Crippen LogP contribution in [0.4, 0.5) is 0 Å². The van der Waals surface area contributed by atoms with Gasteiger partial charge in [0.2, 0.25) is 0 Å². The zero-order valence-corrected chi connectivity index (χ0v) is 10.4. The standard InChI is InChI=1S/C10H7O6S2/c11-17(12,13)9-5-7-3-1-2-4-8(7)6-10(9)18(14,15)16/h1-3,5-6H,(H,11,12,13)(H,14,15,16). The first-order chi connectivity index (χ1) is 8.19. The molecule has 0 aliphatic rings. The molecule has 2 aromatic carbocycles. The van der Waals surface area contributed by atoms with E-state index in [0.29, 0.717) is 10.8 Å². The topological polar surface area (TPSA) is 109 Å². The highest BCUT2D eigenvalue weighted by molar-refractivity contribution is 7.89. The quantitative estimate of drug-likeness (QED) is 0.801. The van der Waals surface area contributed by atoms with Crippen molar-refractivity contribution in [2.45, 2.75) is 9.79 Å². The first-order valence-electron chi connectivity index (χ1n) is 4.59. The molecule has 2 rings (SSSR count). The van der Waals surface area contributed by atoms with E-state index in [4.69, 9.17) is 9.11 Å². The lowest BCUT2D eigenvalue weighted by Crippen LogP contribution is -2.08. The molecule has 0 aliphatic heterocycles. The summed E-state index contributed by atoms with van der Waals surface area (Å²) in [6.45, 7) is 0. The van der Waals surface area contributed by atoms with E-state index in [1.54, 1.807) is 6.07 Å². The van der Waals surface area contributed by atoms with Gasteiger partial charge in [0, 0.05) is 0 Å². The van der Waals surface area contributed by atoms with E-state index in [1.807, 2.05) is 0 Å². The van der Waals surface area contributed by atoms with Crippen molar-refractivity contribution in [1.29, 1.82) is 0 Å². The van der Waals surface area contributed by atoms with Crippen molar-refractivity contribution in [2.24, 2.45) is 0 Å². The molecule has 8 heteroatoms. The van der Waals surface area contributed by atoms with E-state index < -0.39 is 30.0 Å². The van der Waals surface area contributed by atoms with Crippen molar-refractivity contribution in [2.75, 3.05) is 0 Å². The lowest BCUT2D eigenvalue weighted by atomic mass is 10.1. The van der Waals surface area contributed by atoms with Gasteiger partial charge in [0.25, 0.3) is 20.2 Å². The van der Waals surface area contributed by atoms with Crippen LogP contribution in [0.25, 0.3) is 10.8 Å². The summed E-state index contributed by atoms with van der Waals surface area (Å²) in [6, 6.07) is 9.19. The van der Waals surface area contributed by atoms with Crippen LogP contribution in [-0.2, 0) is 20.2 Å². The fraction of sp³-hybridized carbons (Fsp3) is 0. The minimum atomic E-state index is -4.77. The SMILES string of the molecule is O=S(=O)(O)c1cc2[c]cccc2cc1S(=O)(=O)O. The van der Waals surface area contributed by atoms with Gasteiger partial charge >= 0.3 is 0 Å². The zero-order valence-electron chi connectivity index (χ0n) is 8.73. The number of hydrogen-bond donors (Lipinski definition) is 2. The Kier molecular flexibility index (Phi) is 2.90. The summed E-state index contributed by atoms with van der Waals surface area (Å²) in [5, 5.41) is 0.676. The van der Waals surface area contributed by atoms with E-state index in [1.165, 1.54) is 12.1 Å². The maximum atomic E-state index is 11.1. The predicted octanol–water partition coefficient (Wildman–Crippen LogP) is 1.13. The lowest BCUT2D eigenvalue weighted by molar-refractivity contribution is 0.467. The molecule has 0 saturated carbocycles. The molecule has 0 spiro atoms. The molecule has 0 aromatic heterocycles. The van der Waals surface area contributed by atoms with E-state index in [-0.39, 0.29) is 0 Å². The van der Waals surface area contributed by atoms with Gasteiger partial charge in [-0.2, -0.15) is 16.8 Å². The second kappa shape index (κ2) is 4.02. The minimum Gasteiger partial charge on any atom is -0.282 e. The average Bonchev–Trinajstić information content (AvgIpc) is 2.25. The van der Waals surface area contributed by atoms with Gasteiger partial charge in [0.05, 0.1) is 0 Å². The molecule has 0 amide bonds. The molecule has 95 valence electrons. The Morgan fingerprint density at radius 2 is 1.50 bits per heavy atom. The van der Waals surface area contributed by atoms with Gasteiger partial charge in [0.1, 0.15) is 9.79 Å². The molecule has 6 nitrogen and oxygen atoms in total. The molecular formula is C10H7O6S2. The molecule has 0 atom stereocenters. The van der Waals surface area contributed by atoms with Crippen LogP contribution in [0.3, 0.4) is 0 Å². The summed E-state index contributed by atoms with van der Waals surface area (Å²) in [6.07, 6.45) is 0. The first-order valence-corrected chi connectivity index (χ1v) is 7.47. The van der Waals surface area contributed by atoms with Crippen LogP contribution in [-0.4, -0.2) is 25.9 Å². The average molecular weight is 287 g/mol. The van der Waals surface area contributed by atoms with Crippen molar-refractivity contribution in [3.63, 3.8) is 0 Å². The van der Waals surface area contributed by atoms with Gasteiger partial charge in [-0.1, -0.05) is 18.2 Å². The first kappa shape index (κ1) is 13.0. The molecular weight excluding hydrogens is 280 g/mol. The minimum absolute atomic E-state index is 0.303.